The highest BCUT2D eigenvalue weighted by atomic mass is 35.5. The van der Waals surface area contributed by atoms with Crippen molar-refractivity contribution in [1.82, 2.24) is 9.88 Å². The molecule has 3 N–H and O–H groups in total. The molecular formula is C26H25ClFN3O5. The number of pyridine rings is 1. The molecule has 1 fully saturated rings. The van der Waals surface area contributed by atoms with Crippen molar-refractivity contribution in [3.05, 3.63) is 63.7 Å². The van der Waals surface area contributed by atoms with Gasteiger partial charge in [-0.25, -0.2) is 9.18 Å². The Morgan fingerprint density at radius 2 is 2.11 bits per heavy atom. The van der Waals surface area contributed by atoms with Crippen molar-refractivity contribution in [2.24, 2.45) is 0 Å². The number of nitrogen functional groups attached to an aromatic ring is 1. The van der Waals surface area contributed by atoms with Gasteiger partial charge in [-0.2, -0.15) is 0 Å². The lowest BCUT2D eigenvalue weighted by molar-refractivity contribution is -0.152. The maximum absolute atomic E-state index is 14.7. The third kappa shape index (κ3) is 4.06. The van der Waals surface area contributed by atoms with Crippen LogP contribution in [0.3, 0.4) is 0 Å². The summed E-state index contributed by atoms with van der Waals surface area (Å²) in [5.74, 6) is -2.18. The first-order valence-corrected chi connectivity index (χ1v) is 12.1. The molecule has 0 bridgehead atoms. The Balaban J connectivity index is 1.29. The van der Waals surface area contributed by atoms with Crippen molar-refractivity contribution in [2.45, 2.75) is 56.7 Å². The summed E-state index contributed by atoms with van der Waals surface area (Å²) in [6.07, 6.45) is 4.91. The second-order valence-electron chi connectivity index (χ2n) is 9.68. The number of nitrogens with zero attached hydrogens (tertiary/aromatic N) is 2. The van der Waals surface area contributed by atoms with Crippen molar-refractivity contribution in [2.75, 3.05) is 12.3 Å². The standard InChI is InChI=1S/C26H25ClFN3O5/c1-26(35)8-6-16-15(7-9-30-24(16)26)20(32)12-36-25(34)19-5-2-14-10-13(11-21(33)31(14)19)22-18(29)4-3-17(27)23(22)28/h3-4,7,9,11,14,19,35H,2,5-6,8,10,12,29H2,1H3. The van der Waals surface area contributed by atoms with Crippen LogP contribution in [0.25, 0.3) is 5.57 Å². The minimum atomic E-state index is -1.10. The summed E-state index contributed by atoms with van der Waals surface area (Å²) in [4.78, 5) is 44.4. The van der Waals surface area contributed by atoms with E-state index in [1.54, 1.807) is 13.0 Å². The molecule has 0 saturated carbocycles. The quantitative estimate of drug-likeness (QED) is 0.357. The number of amides is 1. The number of anilines is 1. The van der Waals surface area contributed by atoms with E-state index in [0.717, 1.165) is 0 Å². The molecule has 0 radical (unpaired) electrons. The molecule has 36 heavy (non-hydrogen) atoms. The SMILES string of the molecule is CC1(O)CCc2c(C(=O)COC(=O)C3CCC4CC(c5c(N)ccc(Cl)c5F)=CC(=O)N43)ccnc21. The molecule has 5 rings (SSSR count). The molecule has 1 amide bonds. The van der Waals surface area contributed by atoms with E-state index >= 15 is 0 Å². The number of carbonyl (C=O) groups is 3. The average molecular weight is 514 g/mol. The van der Waals surface area contributed by atoms with Crippen molar-refractivity contribution in [1.29, 1.82) is 0 Å². The number of rotatable bonds is 5. The van der Waals surface area contributed by atoms with E-state index in [0.29, 0.717) is 54.5 Å². The van der Waals surface area contributed by atoms with Crippen molar-refractivity contribution < 1.29 is 28.6 Å². The lowest BCUT2D eigenvalue weighted by atomic mass is 9.92. The fourth-order valence-corrected chi connectivity index (χ4v) is 5.68. The number of fused-ring (bicyclic) bond motifs is 2. The number of ketones is 1. The second kappa shape index (κ2) is 8.97. The number of nitrogens with two attached hydrogens (primary N) is 1. The van der Waals surface area contributed by atoms with Gasteiger partial charge >= 0.3 is 5.97 Å². The topological polar surface area (TPSA) is 123 Å². The summed E-state index contributed by atoms with van der Waals surface area (Å²) in [6, 6.07) is 3.25. The number of halogens is 2. The largest absolute Gasteiger partial charge is 0.456 e. The van der Waals surface area contributed by atoms with Crippen LogP contribution in [0.15, 0.2) is 30.5 Å². The van der Waals surface area contributed by atoms with Crippen LogP contribution in [-0.4, -0.2) is 51.3 Å². The Morgan fingerprint density at radius 1 is 1.33 bits per heavy atom. The zero-order valence-electron chi connectivity index (χ0n) is 19.6. The van der Waals surface area contributed by atoms with Crippen LogP contribution in [0.5, 0.6) is 0 Å². The van der Waals surface area contributed by atoms with Crippen LogP contribution in [0.2, 0.25) is 5.02 Å². The smallest absolute Gasteiger partial charge is 0.329 e. The van der Waals surface area contributed by atoms with Gasteiger partial charge in [-0.3, -0.25) is 14.6 Å². The van der Waals surface area contributed by atoms with Crippen molar-refractivity contribution >= 4 is 40.5 Å². The van der Waals surface area contributed by atoms with E-state index in [4.69, 9.17) is 22.1 Å². The lowest BCUT2D eigenvalue weighted by Crippen LogP contribution is -2.47. The van der Waals surface area contributed by atoms with Crippen molar-refractivity contribution in [3.63, 3.8) is 0 Å². The number of hydrogen-bond donors (Lipinski definition) is 2. The monoisotopic (exact) mass is 513 g/mol. The number of aliphatic hydroxyl groups is 1. The van der Waals surface area contributed by atoms with Crippen LogP contribution < -0.4 is 5.73 Å². The first-order valence-electron chi connectivity index (χ1n) is 11.8. The van der Waals surface area contributed by atoms with E-state index in [2.05, 4.69) is 4.98 Å². The Morgan fingerprint density at radius 3 is 2.89 bits per heavy atom. The van der Waals surface area contributed by atoms with Gasteiger partial charge in [0.1, 0.15) is 11.6 Å². The van der Waals surface area contributed by atoms with Crippen LogP contribution in [0, 0.1) is 5.82 Å². The molecule has 3 aliphatic rings. The van der Waals surface area contributed by atoms with E-state index in [-0.39, 0.29) is 22.3 Å². The molecule has 3 atom stereocenters. The third-order valence-corrected chi connectivity index (χ3v) is 7.60. The highest BCUT2D eigenvalue weighted by Gasteiger charge is 2.44. The zero-order chi connectivity index (χ0) is 25.8. The van der Waals surface area contributed by atoms with Gasteiger partial charge in [-0.05, 0) is 68.4 Å². The third-order valence-electron chi connectivity index (χ3n) is 7.30. The summed E-state index contributed by atoms with van der Waals surface area (Å²) in [6.45, 7) is 1.17. The molecule has 2 aliphatic heterocycles. The number of hydrogen-bond acceptors (Lipinski definition) is 7. The maximum Gasteiger partial charge on any atom is 0.329 e. The summed E-state index contributed by atoms with van der Waals surface area (Å²) in [5.41, 5.74) is 7.09. The zero-order valence-corrected chi connectivity index (χ0v) is 20.3. The normalized spacial score (nSPS) is 24.8. The first-order chi connectivity index (χ1) is 17.1. The van der Waals surface area contributed by atoms with Crippen molar-refractivity contribution in [3.8, 4) is 0 Å². The first kappa shape index (κ1) is 24.4. The second-order valence-corrected chi connectivity index (χ2v) is 10.1. The minimum Gasteiger partial charge on any atom is -0.456 e. The van der Waals surface area contributed by atoms with Gasteiger partial charge in [-0.15, -0.1) is 0 Å². The van der Waals surface area contributed by atoms with Gasteiger partial charge in [0, 0.05) is 35.1 Å². The van der Waals surface area contributed by atoms with E-state index in [1.165, 1.54) is 29.3 Å². The number of benzene rings is 1. The molecule has 1 saturated heterocycles. The number of aromatic nitrogens is 1. The molecule has 2 aromatic rings. The summed E-state index contributed by atoms with van der Waals surface area (Å²) < 4.78 is 20.0. The molecule has 8 nitrogen and oxygen atoms in total. The van der Waals surface area contributed by atoms with E-state index in [9.17, 15) is 23.9 Å². The van der Waals surface area contributed by atoms with Gasteiger partial charge < -0.3 is 20.5 Å². The highest BCUT2D eigenvalue weighted by molar-refractivity contribution is 6.31. The fraction of sp³-hybridized carbons (Fsp3) is 0.385. The number of ether oxygens (including phenoxy) is 1. The predicted octanol–water partition coefficient (Wildman–Crippen LogP) is 3.18. The molecule has 0 spiro atoms. The van der Waals surface area contributed by atoms with Gasteiger partial charge in [0.15, 0.2) is 12.4 Å². The minimum absolute atomic E-state index is 0.0871. The molecule has 3 unspecified atom stereocenters. The fourth-order valence-electron chi connectivity index (χ4n) is 5.52. The van der Waals surface area contributed by atoms with Gasteiger partial charge in [0.25, 0.3) is 0 Å². The van der Waals surface area contributed by atoms with Crippen LogP contribution in [0.4, 0.5) is 10.1 Å². The molecule has 1 aliphatic carbocycles. The van der Waals surface area contributed by atoms with E-state index in [1.807, 2.05) is 0 Å². The highest BCUT2D eigenvalue weighted by Crippen LogP contribution is 2.40. The number of esters is 1. The Bertz CT molecular complexity index is 1320. The summed E-state index contributed by atoms with van der Waals surface area (Å²) >= 11 is 5.91. The Hall–Kier alpha value is -3.30. The lowest BCUT2D eigenvalue weighted by Gasteiger charge is -2.33. The molecular weight excluding hydrogens is 489 g/mol. The van der Waals surface area contributed by atoms with Gasteiger partial charge in [0.2, 0.25) is 11.7 Å². The number of carbonyl (C=O) groups excluding carboxylic acids is 3. The average Bonchev–Trinajstić information content (AvgIpc) is 3.41. The van der Waals surface area contributed by atoms with Gasteiger partial charge in [0.05, 0.1) is 10.7 Å². The molecule has 1 aromatic carbocycles. The molecule has 10 heteroatoms. The molecule has 3 heterocycles. The maximum atomic E-state index is 14.7. The summed E-state index contributed by atoms with van der Waals surface area (Å²) in [7, 11) is 0. The molecule has 1 aromatic heterocycles. The van der Waals surface area contributed by atoms with Crippen LogP contribution in [0.1, 0.15) is 59.8 Å². The summed E-state index contributed by atoms with van der Waals surface area (Å²) in [5, 5.41) is 10.4. The van der Waals surface area contributed by atoms with Gasteiger partial charge in [-0.1, -0.05) is 11.6 Å². The molecule has 188 valence electrons. The Kier molecular flexibility index (Phi) is 6.08. The van der Waals surface area contributed by atoms with Crippen LogP contribution in [-0.2, 0) is 26.3 Å². The Labute approximate surface area is 211 Å². The van der Waals surface area contributed by atoms with Crippen LogP contribution >= 0.6 is 11.6 Å². The number of Topliss-reactive ketones (excluding diaryl/α,β-unsaturated/α-hetero) is 1. The predicted molar refractivity (Wildman–Crippen MR) is 129 cm³/mol. The van der Waals surface area contributed by atoms with E-state index < -0.39 is 41.7 Å².